The van der Waals surface area contributed by atoms with E-state index in [4.69, 9.17) is 10.5 Å². The molecule has 1 amide bonds. The van der Waals surface area contributed by atoms with Crippen molar-refractivity contribution in [2.45, 2.75) is 13.8 Å². The number of nitrogens with one attached hydrogen (secondary N) is 1. The highest BCUT2D eigenvalue weighted by molar-refractivity contribution is 5.96. The van der Waals surface area contributed by atoms with Crippen molar-refractivity contribution in [1.29, 1.82) is 0 Å². The maximum Gasteiger partial charge on any atom is 0.229 e. The van der Waals surface area contributed by atoms with Crippen LogP contribution in [-0.2, 0) is 9.53 Å². The Morgan fingerprint density at radius 3 is 2.62 bits per heavy atom. The molecule has 0 radical (unpaired) electrons. The molecule has 1 aromatic rings. The molecule has 1 aromatic carbocycles. The minimum absolute atomic E-state index is 0.00629. The predicted octanol–water partition coefficient (Wildman–Crippen LogP) is 1.69. The van der Waals surface area contributed by atoms with E-state index in [1.807, 2.05) is 38.1 Å². The molecule has 116 valence electrons. The summed E-state index contributed by atoms with van der Waals surface area (Å²) in [4.78, 5) is 14.6. The van der Waals surface area contributed by atoms with E-state index in [0.29, 0.717) is 6.54 Å². The van der Waals surface area contributed by atoms with E-state index >= 15 is 0 Å². The molecular weight excluding hydrogens is 266 g/mol. The van der Waals surface area contributed by atoms with Gasteiger partial charge in [-0.15, -0.1) is 0 Å². The zero-order valence-electron chi connectivity index (χ0n) is 12.8. The van der Waals surface area contributed by atoms with Crippen molar-refractivity contribution in [2.75, 3.05) is 43.1 Å². The van der Waals surface area contributed by atoms with Gasteiger partial charge >= 0.3 is 0 Å². The van der Waals surface area contributed by atoms with Crippen LogP contribution in [0.15, 0.2) is 24.3 Å². The molecule has 2 rings (SSSR count). The molecule has 21 heavy (non-hydrogen) atoms. The van der Waals surface area contributed by atoms with Crippen LogP contribution in [0.3, 0.4) is 0 Å². The molecule has 1 heterocycles. The fourth-order valence-corrected chi connectivity index (χ4v) is 2.57. The van der Waals surface area contributed by atoms with Crippen LogP contribution in [0, 0.1) is 11.8 Å². The van der Waals surface area contributed by atoms with Crippen LogP contribution in [0.5, 0.6) is 0 Å². The van der Waals surface area contributed by atoms with Crippen molar-refractivity contribution >= 4 is 17.3 Å². The average molecular weight is 291 g/mol. The number of para-hydroxylation sites is 2. The molecule has 5 heteroatoms. The summed E-state index contributed by atoms with van der Waals surface area (Å²) in [6.07, 6.45) is 0. The van der Waals surface area contributed by atoms with Gasteiger partial charge in [-0.25, -0.2) is 0 Å². The lowest BCUT2D eigenvalue weighted by atomic mass is 9.95. The molecule has 1 aliphatic rings. The molecule has 1 aliphatic heterocycles. The van der Waals surface area contributed by atoms with E-state index in [9.17, 15) is 4.79 Å². The van der Waals surface area contributed by atoms with Gasteiger partial charge in [0.15, 0.2) is 0 Å². The van der Waals surface area contributed by atoms with Crippen molar-refractivity contribution in [3.05, 3.63) is 24.3 Å². The van der Waals surface area contributed by atoms with E-state index in [-0.39, 0.29) is 17.7 Å². The van der Waals surface area contributed by atoms with Crippen molar-refractivity contribution in [1.82, 2.24) is 0 Å². The summed E-state index contributed by atoms with van der Waals surface area (Å²) in [6.45, 7) is 7.54. The molecule has 0 aromatic heterocycles. The largest absolute Gasteiger partial charge is 0.378 e. The summed E-state index contributed by atoms with van der Waals surface area (Å²) in [5.41, 5.74) is 7.62. The number of carbonyl (C=O) groups is 1. The molecular formula is C16H25N3O2. The smallest absolute Gasteiger partial charge is 0.229 e. The number of anilines is 2. The van der Waals surface area contributed by atoms with Gasteiger partial charge in [-0.3, -0.25) is 4.79 Å². The fraction of sp³-hybridized carbons (Fsp3) is 0.562. The summed E-state index contributed by atoms with van der Waals surface area (Å²) in [5, 5.41) is 3.04. The molecule has 0 bridgehead atoms. The van der Waals surface area contributed by atoms with E-state index < -0.39 is 0 Å². The van der Waals surface area contributed by atoms with Crippen LogP contribution in [0.25, 0.3) is 0 Å². The van der Waals surface area contributed by atoms with Gasteiger partial charge in [0.2, 0.25) is 5.91 Å². The van der Waals surface area contributed by atoms with Gasteiger partial charge in [-0.1, -0.05) is 26.0 Å². The van der Waals surface area contributed by atoms with Gasteiger partial charge < -0.3 is 20.7 Å². The van der Waals surface area contributed by atoms with Crippen LogP contribution >= 0.6 is 0 Å². The number of nitrogens with two attached hydrogens (primary N) is 1. The Labute approximate surface area is 126 Å². The summed E-state index contributed by atoms with van der Waals surface area (Å²) in [5.74, 6) is 0.0569. The lowest BCUT2D eigenvalue weighted by molar-refractivity contribution is -0.120. The van der Waals surface area contributed by atoms with Gasteiger partial charge in [0, 0.05) is 19.6 Å². The Kier molecular flexibility index (Phi) is 5.59. The fourth-order valence-electron chi connectivity index (χ4n) is 2.57. The Bertz CT molecular complexity index is 470. The van der Waals surface area contributed by atoms with Gasteiger partial charge in [0.05, 0.1) is 30.5 Å². The predicted molar refractivity (Wildman–Crippen MR) is 85.5 cm³/mol. The number of rotatable bonds is 5. The van der Waals surface area contributed by atoms with Crippen molar-refractivity contribution < 1.29 is 9.53 Å². The lowest BCUT2D eigenvalue weighted by Gasteiger charge is -2.31. The second kappa shape index (κ2) is 7.43. The lowest BCUT2D eigenvalue weighted by Crippen LogP contribution is -2.37. The molecule has 0 spiro atoms. The number of ether oxygens (including phenoxy) is 1. The number of amides is 1. The molecule has 5 nitrogen and oxygen atoms in total. The molecule has 0 aliphatic carbocycles. The van der Waals surface area contributed by atoms with E-state index in [2.05, 4.69) is 10.2 Å². The maximum absolute atomic E-state index is 12.4. The summed E-state index contributed by atoms with van der Waals surface area (Å²) < 4.78 is 5.38. The second-order valence-corrected chi connectivity index (χ2v) is 5.69. The molecule has 1 fully saturated rings. The first-order valence-electron chi connectivity index (χ1n) is 7.56. The quantitative estimate of drug-likeness (QED) is 0.866. The molecule has 3 N–H and O–H groups in total. The maximum atomic E-state index is 12.4. The van der Waals surface area contributed by atoms with Gasteiger partial charge in [-0.05, 0) is 18.1 Å². The van der Waals surface area contributed by atoms with E-state index in [1.165, 1.54) is 0 Å². The van der Waals surface area contributed by atoms with Crippen molar-refractivity contribution in [2.24, 2.45) is 17.6 Å². The number of hydrogen-bond donors (Lipinski definition) is 2. The van der Waals surface area contributed by atoms with Crippen LogP contribution in [-0.4, -0.2) is 38.8 Å². The highest BCUT2D eigenvalue weighted by Gasteiger charge is 2.22. The standard InChI is InChI=1S/C16H25N3O2/c1-12(2)13(11-17)16(20)18-14-5-3-4-6-15(14)19-7-9-21-10-8-19/h3-6,12-13H,7-11,17H2,1-2H3,(H,18,20). The van der Waals surface area contributed by atoms with Crippen molar-refractivity contribution in [3.63, 3.8) is 0 Å². The van der Waals surface area contributed by atoms with Crippen LogP contribution in [0.1, 0.15) is 13.8 Å². The zero-order chi connectivity index (χ0) is 15.2. The van der Waals surface area contributed by atoms with Crippen LogP contribution in [0.4, 0.5) is 11.4 Å². The number of carbonyl (C=O) groups excluding carboxylic acids is 1. The first kappa shape index (κ1) is 15.8. The number of morpholine rings is 1. The summed E-state index contributed by atoms with van der Waals surface area (Å²) in [6, 6.07) is 7.90. The number of hydrogen-bond acceptors (Lipinski definition) is 4. The Balaban J connectivity index is 2.14. The average Bonchev–Trinajstić information content (AvgIpc) is 2.49. The first-order valence-corrected chi connectivity index (χ1v) is 7.56. The minimum atomic E-state index is -0.164. The monoisotopic (exact) mass is 291 g/mol. The SMILES string of the molecule is CC(C)C(CN)C(=O)Nc1ccccc1N1CCOCC1. The van der Waals surface area contributed by atoms with E-state index in [1.54, 1.807) is 0 Å². The highest BCUT2D eigenvalue weighted by Crippen LogP contribution is 2.27. The van der Waals surface area contributed by atoms with E-state index in [0.717, 1.165) is 37.7 Å². The second-order valence-electron chi connectivity index (χ2n) is 5.69. The molecule has 1 unspecified atom stereocenters. The minimum Gasteiger partial charge on any atom is -0.378 e. The molecule has 1 atom stereocenters. The highest BCUT2D eigenvalue weighted by atomic mass is 16.5. The molecule has 1 saturated heterocycles. The van der Waals surface area contributed by atoms with Gasteiger partial charge in [-0.2, -0.15) is 0 Å². The third kappa shape index (κ3) is 3.95. The Hall–Kier alpha value is -1.59. The molecule has 0 saturated carbocycles. The Morgan fingerprint density at radius 2 is 2.00 bits per heavy atom. The first-order chi connectivity index (χ1) is 10.1. The van der Waals surface area contributed by atoms with Gasteiger partial charge in [0.1, 0.15) is 0 Å². The van der Waals surface area contributed by atoms with Crippen LogP contribution in [0.2, 0.25) is 0 Å². The van der Waals surface area contributed by atoms with Crippen LogP contribution < -0.4 is 16.0 Å². The van der Waals surface area contributed by atoms with Gasteiger partial charge in [0.25, 0.3) is 0 Å². The van der Waals surface area contributed by atoms with Crippen molar-refractivity contribution in [3.8, 4) is 0 Å². The number of benzene rings is 1. The third-order valence-electron chi connectivity index (χ3n) is 3.91. The topological polar surface area (TPSA) is 67.6 Å². The normalized spacial score (nSPS) is 16.9. The zero-order valence-corrected chi connectivity index (χ0v) is 12.8. The summed E-state index contributed by atoms with van der Waals surface area (Å²) >= 11 is 0. The summed E-state index contributed by atoms with van der Waals surface area (Å²) in [7, 11) is 0. The number of nitrogens with zero attached hydrogens (tertiary/aromatic N) is 1. The third-order valence-corrected chi connectivity index (χ3v) is 3.91. The Morgan fingerprint density at radius 1 is 1.33 bits per heavy atom.